The van der Waals surface area contributed by atoms with E-state index in [4.69, 9.17) is 16.3 Å². The summed E-state index contributed by atoms with van der Waals surface area (Å²) >= 11 is 6.25. The smallest absolute Gasteiger partial charge is 0.416 e. The van der Waals surface area contributed by atoms with Crippen LogP contribution < -0.4 is 15.4 Å². The van der Waals surface area contributed by atoms with Gasteiger partial charge in [0.05, 0.1) is 24.6 Å². The lowest BCUT2D eigenvalue weighted by molar-refractivity contribution is -0.137. The molecule has 0 bridgehead atoms. The maximum atomic E-state index is 13.0. The quantitative estimate of drug-likeness (QED) is 0.474. The number of nitrogens with one attached hydrogen (secondary N) is 2. The van der Waals surface area contributed by atoms with Crippen LogP contribution in [0.4, 0.5) is 36.3 Å². The Bertz CT molecular complexity index is 1190. The third-order valence-corrected chi connectivity index (χ3v) is 5.80. The van der Waals surface area contributed by atoms with Crippen LogP contribution in [0.1, 0.15) is 22.3 Å². The molecule has 0 saturated heterocycles. The van der Waals surface area contributed by atoms with Gasteiger partial charge in [0.1, 0.15) is 10.8 Å². The number of nitrogens with zero attached hydrogens (tertiary/aromatic N) is 3. The minimum Gasteiger partial charge on any atom is -0.495 e. The first-order valence-corrected chi connectivity index (χ1v) is 10.6. The monoisotopic (exact) mass is 477 g/mol. The molecule has 0 amide bonds. The number of methoxy groups -OCH3 is 1. The predicted molar refractivity (Wildman–Crippen MR) is 123 cm³/mol. The lowest BCUT2D eigenvalue weighted by atomic mass is 9.99. The van der Waals surface area contributed by atoms with E-state index in [9.17, 15) is 13.2 Å². The van der Waals surface area contributed by atoms with Crippen LogP contribution in [0.15, 0.2) is 36.5 Å². The molecule has 4 rings (SSSR count). The molecule has 0 spiro atoms. The molecule has 3 aromatic rings. The summed E-state index contributed by atoms with van der Waals surface area (Å²) in [5.74, 6) is 1.22. The molecule has 0 aliphatic carbocycles. The number of aryl methyl sites for hydroxylation is 1. The van der Waals surface area contributed by atoms with E-state index in [2.05, 4.69) is 32.5 Å². The van der Waals surface area contributed by atoms with Gasteiger partial charge in [-0.3, -0.25) is 0 Å². The zero-order chi connectivity index (χ0) is 23.8. The van der Waals surface area contributed by atoms with E-state index in [-0.39, 0.29) is 16.8 Å². The molecule has 2 heterocycles. The Balaban J connectivity index is 1.60. The molecule has 2 N–H and O–H groups in total. The van der Waals surface area contributed by atoms with E-state index >= 15 is 0 Å². The summed E-state index contributed by atoms with van der Waals surface area (Å²) in [6, 6.07) is 7.48. The number of hydrogen-bond donors (Lipinski definition) is 2. The highest BCUT2D eigenvalue weighted by Crippen LogP contribution is 2.35. The predicted octanol–water partition coefficient (Wildman–Crippen LogP) is 5.94. The molecular formula is C23H23ClF3N5O. The van der Waals surface area contributed by atoms with Gasteiger partial charge < -0.3 is 20.3 Å². The topological polar surface area (TPSA) is 62.3 Å². The molecule has 10 heteroatoms. The fourth-order valence-corrected chi connectivity index (χ4v) is 3.88. The number of ether oxygens (including phenoxy) is 1. The Morgan fingerprint density at radius 2 is 1.88 bits per heavy atom. The van der Waals surface area contributed by atoms with Crippen molar-refractivity contribution in [2.45, 2.75) is 26.1 Å². The molecule has 0 atom stereocenters. The summed E-state index contributed by atoms with van der Waals surface area (Å²) in [6.07, 6.45) is -2.03. The van der Waals surface area contributed by atoms with Crippen molar-refractivity contribution in [2.75, 3.05) is 31.3 Å². The van der Waals surface area contributed by atoms with Crippen molar-refractivity contribution < 1.29 is 17.9 Å². The number of hydrogen-bond acceptors (Lipinski definition) is 6. The first kappa shape index (κ1) is 23.1. The van der Waals surface area contributed by atoms with Crippen molar-refractivity contribution in [2.24, 2.45) is 0 Å². The number of rotatable bonds is 5. The van der Waals surface area contributed by atoms with E-state index in [0.29, 0.717) is 22.7 Å². The standard InChI is InChI=1S/C23H23ClF3N5O/c1-13-8-16(23(25,26)27)4-5-18(13)29-21-17(24)11-28-22(31-21)30-19-9-15-12-32(2)7-6-14(15)10-20(19)33-3/h4-5,8-11H,6-7,12H2,1-3H3,(H2,28,29,30,31). The normalized spacial score (nSPS) is 14.0. The zero-order valence-corrected chi connectivity index (χ0v) is 19.1. The minimum absolute atomic E-state index is 0.235. The Kier molecular flexibility index (Phi) is 6.36. The molecular weight excluding hydrogens is 455 g/mol. The van der Waals surface area contributed by atoms with Crippen molar-refractivity contribution in [1.82, 2.24) is 14.9 Å². The minimum atomic E-state index is -4.41. The second-order valence-corrected chi connectivity index (χ2v) is 8.38. The molecule has 0 unspecified atom stereocenters. The van der Waals surface area contributed by atoms with Gasteiger partial charge in [-0.15, -0.1) is 0 Å². The Morgan fingerprint density at radius 1 is 1.09 bits per heavy atom. The largest absolute Gasteiger partial charge is 0.495 e. The molecule has 33 heavy (non-hydrogen) atoms. The van der Waals surface area contributed by atoms with Gasteiger partial charge >= 0.3 is 6.18 Å². The van der Waals surface area contributed by atoms with E-state index in [1.54, 1.807) is 14.0 Å². The van der Waals surface area contributed by atoms with E-state index < -0.39 is 11.7 Å². The highest BCUT2D eigenvalue weighted by atomic mass is 35.5. The van der Waals surface area contributed by atoms with Crippen molar-refractivity contribution in [1.29, 1.82) is 0 Å². The lowest BCUT2D eigenvalue weighted by Crippen LogP contribution is -2.26. The van der Waals surface area contributed by atoms with Gasteiger partial charge in [-0.1, -0.05) is 11.6 Å². The molecule has 0 fully saturated rings. The second-order valence-electron chi connectivity index (χ2n) is 7.98. The van der Waals surface area contributed by atoms with Crippen LogP contribution in [-0.2, 0) is 19.1 Å². The van der Waals surface area contributed by atoms with Crippen LogP contribution >= 0.6 is 11.6 Å². The van der Waals surface area contributed by atoms with Crippen LogP contribution in [-0.4, -0.2) is 35.6 Å². The number of fused-ring (bicyclic) bond motifs is 1. The van der Waals surface area contributed by atoms with Crippen molar-refractivity contribution in [3.63, 3.8) is 0 Å². The van der Waals surface area contributed by atoms with Crippen LogP contribution in [0.5, 0.6) is 5.75 Å². The number of aromatic nitrogens is 2. The SMILES string of the molecule is COc1cc2c(cc1Nc1ncc(Cl)c(Nc3ccc(C(F)(F)F)cc3C)n1)CN(C)CC2. The number of anilines is 4. The van der Waals surface area contributed by atoms with Gasteiger partial charge in [-0.2, -0.15) is 18.2 Å². The maximum Gasteiger partial charge on any atom is 0.416 e. The molecule has 1 aliphatic rings. The third-order valence-electron chi connectivity index (χ3n) is 5.52. The Morgan fingerprint density at radius 3 is 2.58 bits per heavy atom. The number of alkyl halides is 3. The zero-order valence-electron chi connectivity index (χ0n) is 18.3. The first-order valence-electron chi connectivity index (χ1n) is 10.3. The highest BCUT2D eigenvalue weighted by molar-refractivity contribution is 6.32. The molecule has 1 aliphatic heterocycles. The van der Waals surface area contributed by atoms with Gasteiger partial charge in [0.2, 0.25) is 5.95 Å². The summed E-state index contributed by atoms with van der Waals surface area (Å²) < 4.78 is 44.4. The van der Waals surface area contributed by atoms with Crippen LogP contribution in [0.2, 0.25) is 5.02 Å². The van der Waals surface area contributed by atoms with Gasteiger partial charge in [-0.25, -0.2) is 4.98 Å². The maximum absolute atomic E-state index is 13.0. The summed E-state index contributed by atoms with van der Waals surface area (Å²) in [5.41, 5.74) is 3.31. The van der Waals surface area contributed by atoms with Gasteiger partial charge in [0.15, 0.2) is 5.82 Å². The summed E-state index contributed by atoms with van der Waals surface area (Å²) in [4.78, 5) is 10.9. The molecule has 2 aromatic carbocycles. The summed E-state index contributed by atoms with van der Waals surface area (Å²) in [5, 5.41) is 6.41. The second kappa shape index (κ2) is 9.07. The molecule has 0 radical (unpaired) electrons. The van der Waals surface area contributed by atoms with Gasteiger partial charge in [0, 0.05) is 18.8 Å². The highest BCUT2D eigenvalue weighted by Gasteiger charge is 2.30. The fourth-order valence-electron chi connectivity index (χ4n) is 3.74. The van der Waals surface area contributed by atoms with Gasteiger partial charge in [-0.05, 0) is 67.4 Å². The van der Waals surface area contributed by atoms with Gasteiger partial charge in [0.25, 0.3) is 0 Å². The van der Waals surface area contributed by atoms with E-state index in [1.165, 1.54) is 23.4 Å². The van der Waals surface area contributed by atoms with E-state index in [1.807, 2.05) is 12.1 Å². The van der Waals surface area contributed by atoms with Crippen LogP contribution in [0, 0.1) is 6.92 Å². The molecule has 174 valence electrons. The lowest BCUT2D eigenvalue weighted by Gasteiger charge is -2.26. The van der Waals surface area contributed by atoms with Crippen LogP contribution in [0.3, 0.4) is 0 Å². The molecule has 0 saturated carbocycles. The number of halogens is 4. The Labute approximate surface area is 194 Å². The summed E-state index contributed by atoms with van der Waals surface area (Å²) in [7, 11) is 3.68. The average molecular weight is 478 g/mol. The summed E-state index contributed by atoms with van der Waals surface area (Å²) in [6.45, 7) is 3.40. The van der Waals surface area contributed by atoms with E-state index in [0.717, 1.165) is 31.6 Å². The molecule has 6 nitrogen and oxygen atoms in total. The van der Waals surface area contributed by atoms with Crippen molar-refractivity contribution in [3.8, 4) is 5.75 Å². The molecule has 1 aromatic heterocycles. The fraction of sp³-hybridized carbons (Fsp3) is 0.304. The average Bonchev–Trinajstić information content (AvgIpc) is 2.76. The van der Waals surface area contributed by atoms with Crippen molar-refractivity contribution >= 4 is 34.7 Å². The first-order chi connectivity index (χ1) is 15.6. The van der Waals surface area contributed by atoms with Crippen molar-refractivity contribution in [3.05, 3.63) is 63.8 Å². The van der Waals surface area contributed by atoms with Crippen LogP contribution in [0.25, 0.3) is 0 Å². The Hall–Kier alpha value is -3.04. The number of benzene rings is 2. The number of likely N-dealkylation sites (N-methyl/N-ethyl adjacent to an activating group) is 1. The third kappa shape index (κ3) is 5.15.